The Labute approximate surface area is 107 Å². The first-order valence-electron chi connectivity index (χ1n) is 6.10. The van der Waals surface area contributed by atoms with E-state index in [0.717, 1.165) is 16.5 Å². The summed E-state index contributed by atoms with van der Waals surface area (Å²) >= 11 is 0. The fourth-order valence-corrected chi connectivity index (χ4v) is 1.94. The Morgan fingerprint density at radius 2 is 2.06 bits per heavy atom. The molecule has 3 heteroatoms. The van der Waals surface area contributed by atoms with Gasteiger partial charge in [-0.3, -0.25) is 4.98 Å². The molecule has 1 aromatic heterocycles. The van der Waals surface area contributed by atoms with Gasteiger partial charge >= 0.3 is 0 Å². The summed E-state index contributed by atoms with van der Waals surface area (Å²) in [5.74, 6) is 0. The Bertz CT molecular complexity index is 537. The van der Waals surface area contributed by atoms with Crippen LogP contribution in [0, 0.1) is 0 Å². The smallest absolute Gasteiger partial charge is 0.0832 e. The zero-order valence-corrected chi connectivity index (χ0v) is 11.1. The number of methoxy groups -OCH3 is 1. The standard InChI is InChI=1S/C15H19NO2/c1-15(2,18-3)9-14(17)12-8-11-6-4-5-7-13(11)16-10-12/h4-8,10,14,17H,9H2,1-3H3. The fourth-order valence-electron chi connectivity index (χ4n) is 1.94. The van der Waals surface area contributed by atoms with Gasteiger partial charge in [-0.05, 0) is 31.5 Å². The predicted octanol–water partition coefficient (Wildman–Crippen LogP) is 3.08. The van der Waals surface area contributed by atoms with Crippen LogP contribution in [-0.4, -0.2) is 22.8 Å². The summed E-state index contributed by atoms with van der Waals surface area (Å²) in [6.07, 6.45) is 1.72. The van der Waals surface area contributed by atoms with E-state index in [9.17, 15) is 5.11 Å². The molecule has 3 nitrogen and oxygen atoms in total. The Morgan fingerprint density at radius 3 is 2.78 bits per heavy atom. The van der Waals surface area contributed by atoms with E-state index in [1.807, 2.05) is 44.2 Å². The minimum Gasteiger partial charge on any atom is -0.388 e. The van der Waals surface area contributed by atoms with E-state index in [-0.39, 0.29) is 5.60 Å². The summed E-state index contributed by atoms with van der Waals surface area (Å²) in [5.41, 5.74) is 1.43. The van der Waals surface area contributed by atoms with Crippen molar-refractivity contribution in [3.05, 3.63) is 42.1 Å². The number of ether oxygens (including phenoxy) is 1. The molecule has 0 saturated heterocycles. The second kappa shape index (κ2) is 5.04. The van der Waals surface area contributed by atoms with Crippen LogP contribution < -0.4 is 0 Å². The third-order valence-corrected chi connectivity index (χ3v) is 3.23. The zero-order valence-electron chi connectivity index (χ0n) is 11.1. The van der Waals surface area contributed by atoms with Crippen molar-refractivity contribution < 1.29 is 9.84 Å². The molecule has 1 aromatic carbocycles. The van der Waals surface area contributed by atoms with Crippen molar-refractivity contribution in [2.24, 2.45) is 0 Å². The molecular weight excluding hydrogens is 226 g/mol. The van der Waals surface area contributed by atoms with E-state index in [0.29, 0.717) is 6.42 Å². The van der Waals surface area contributed by atoms with Crippen molar-refractivity contribution in [3.63, 3.8) is 0 Å². The third kappa shape index (κ3) is 2.86. The molecular formula is C15H19NO2. The van der Waals surface area contributed by atoms with Gasteiger partial charge < -0.3 is 9.84 Å². The molecule has 1 atom stereocenters. The molecule has 0 saturated carbocycles. The first-order chi connectivity index (χ1) is 8.52. The van der Waals surface area contributed by atoms with Crippen molar-refractivity contribution in [2.45, 2.75) is 32.0 Å². The Hall–Kier alpha value is -1.45. The van der Waals surface area contributed by atoms with Crippen molar-refractivity contribution in [2.75, 3.05) is 7.11 Å². The number of aliphatic hydroxyl groups excluding tert-OH is 1. The average molecular weight is 245 g/mol. The number of hydrogen-bond acceptors (Lipinski definition) is 3. The topological polar surface area (TPSA) is 42.4 Å². The highest BCUT2D eigenvalue weighted by atomic mass is 16.5. The van der Waals surface area contributed by atoms with Crippen LogP contribution in [0.15, 0.2) is 36.5 Å². The zero-order chi connectivity index (χ0) is 13.2. The van der Waals surface area contributed by atoms with E-state index in [1.54, 1.807) is 13.3 Å². The van der Waals surface area contributed by atoms with Gasteiger partial charge in [0, 0.05) is 25.1 Å². The molecule has 96 valence electrons. The van der Waals surface area contributed by atoms with E-state index < -0.39 is 6.10 Å². The van der Waals surface area contributed by atoms with Crippen molar-refractivity contribution in [1.29, 1.82) is 0 Å². The molecule has 0 aliphatic carbocycles. The predicted molar refractivity (Wildman–Crippen MR) is 72.4 cm³/mol. The fraction of sp³-hybridized carbons (Fsp3) is 0.400. The van der Waals surface area contributed by atoms with Gasteiger partial charge in [0.05, 0.1) is 17.2 Å². The lowest BCUT2D eigenvalue weighted by molar-refractivity contribution is -0.0201. The number of rotatable bonds is 4. The summed E-state index contributed by atoms with van der Waals surface area (Å²) < 4.78 is 5.34. The van der Waals surface area contributed by atoms with Crippen LogP contribution in [-0.2, 0) is 4.74 Å². The number of pyridine rings is 1. The maximum absolute atomic E-state index is 10.2. The summed E-state index contributed by atoms with van der Waals surface area (Å²) in [6, 6.07) is 9.88. The SMILES string of the molecule is COC(C)(C)CC(O)c1cnc2ccccc2c1. The number of aromatic nitrogens is 1. The van der Waals surface area contributed by atoms with Crippen LogP contribution in [0.5, 0.6) is 0 Å². The van der Waals surface area contributed by atoms with Crippen LogP contribution in [0.4, 0.5) is 0 Å². The van der Waals surface area contributed by atoms with Crippen molar-refractivity contribution >= 4 is 10.9 Å². The van der Waals surface area contributed by atoms with Gasteiger partial charge in [-0.15, -0.1) is 0 Å². The number of nitrogens with zero attached hydrogens (tertiary/aromatic N) is 1. The molecule has 2 aromatic rings. The van der Waals surface area contributed by atoms with E-state index in [4.69, 9.17) is 4.74 Å². The molecule has 0 aliphatic heterocycles. The normalized spacial score (nSPS) is 13.8. The molecule has 0 aliphatic rings. The molecule has 1 heterocycles. The Balaban J connectivity index is 2.25. The molecule has 1 unspecified atom stereocenters. The molecule has 18 heavy (non-hydrogen) atoms. The molecule has 0 bridgehead atoms. The van der Waals surface area contributed by atoms with Gasteiger partial charge in [-0.2, -0.15) is 0 Å². The highest BCUT2D eigenvalue weighted by Crippen LogP contribution is 2.26. The number of aliphatic hydroxyl groups is 1. The lowest BCUT2D eigenvalue weighted by Crippen LogP contribution is -2.25. The molecule has 0 fully saturated rings. The van der Waals surface area contributed by atoms with Crippen LogP contribution in [0.3, 0.4) is 0 Å². The van der Waals surface area contributed by atoms with Crippen LogP contribution in [0.2, 0.25) is 0 Å². The summed E-state index contributed by atoms with van der Waals surface area (Å²) in [5, 5.41) is 11.3. The largest absolute Gasteiger partial charge is 0.388 e. The van der Waals surface area contributed by atoms with E-state index in [2.05, 4.69) is 4.98 Å². The van der Waals surface area contributed by atoms with Crippen LogP contribution in [0.25, 0.3) is 10.9 Å². The van der Waals surface area contributed by atoms with Gasteiger partial charge in [0.2, 0.25) is 0 Å². The highest BCUT2D eigenvalue weighted by Gasteiger charge is 2.22. The molecule has 0 radical (unpaired) electrons. The number of benzene rings is 1. The van der Waals surface area contributed by atoms with Crippen molar-refractivity contribution in [3.8, 4) is 0 Å². The van der Waals surface area contributed by atoms with Gasteiger partial charge in [0.1, 0.15) is 0 Å². The Morgan fingerprint density at radius 1 is 1.33 bits per heavy atom. The van der Waals surface area contributed by atoms with Crippen molar-refractivity contribution in [1.82, 2.24) is 4.98 Å². The first-order valence-corrected chi connectivity index (χ1v) is 6.10. The minimum absolute atomic E-state index is 0.342. The lowest BCUT2D eigenvalue weighted by Gasteiger charge is -2.25. The molecule has 0 amide bonds. The highest BCUT2D eigenvalue weighted by molar-refractivity contribution is 5.78. The number of hydrogen-bond donors (Lipinski definition) is 1. The third-order valence-electron chi connectivity index (χ3n) is 3.23. The van der Waals surface area contributed by atoms with Gasteiger partial charge in [0.25, 0.3) is 0 Å². The molecule has 1 N–H and O–H groups in total. The average Bonchev–Trinajstić information content (AvgIpc) is 2.37. The Kier molecular flexibility index (Phi) is 3.64. The van der Waals surface area contributed by atoms with Gasteiger partial charge in [-0.1, -0.05) is 18.2 Å². The lowest BCUT2D eigenvalue weighted by atomic mass is 9.96. The minimum atomic E-state index is -0.558. The van der Waals surface area contributed by atoms with Gasteiger partial charge in [0.15, 0.2) is 0 Å². The quantitative estimate of drug-likeness (QED) is 0.900. The van der Waals surface area contributed by atoms with Gasteiger partial charge in [-0.25, -0.2) is 0 Å². The number of para-hydroxylation sites is 1. The summed E-state index contributed by atoms with van der Waals surface area (Å²) in [7, 11) is 1.66. The van der Waals surface area contributed by atoms with E-state index in [1.165, 1.54) is 0 Å². The van der Waals surface area contributed by atoms with Crippen LogP contribution in [0.1, 0.15) is 31.9 Å². The second-order valence-electron chi connectivity index (χ2n) is 5.15. The van der Waals surface area contributed by atoms with Crippen LogP contribution >= 0.6 is 0 Å². The maximum Gasteiger partial charge on any atom is 0.0832 e. The summed E-state index contributed by atoms with van der Waals surface area (Å²) in [6.45, 7) is 3.93. The first kappa shape index (κ1) is 13.0. The monoisotopic (exact) mass is 245 g/mol. The molecule has 2 rings (SSSR count). The van der Waals surface area contributed by atoms with E-state index >= 15 is 0 Å². The summed E-state index contributed by atoms with van der Waals surface area (Å²) in [4.78, 5) is 4.36. The second-order valence-corrected chi connectivity index (χ2v) is 5.15. The maximum atomic E-state index is 10.2. The number of fused-ring (bicyclic) bond motifs is 1. The molecule has 0 spiro atoms.